The average molecular weight is 327 g/mol. The number of aliphatic imine (C=N–C) groups is 1. The molecule has 6 nitrogen and oxygen atoms in total. The SMILES string of the molecule is CCC(=O)O.CCC(N=C(C)C(=O)O)OCCCC(C)C.[NaH]. The molecule has 1 unspecified atom stereocenters. The molecule has 0 fully saturated rings. The number of rotatable bonds is 9. The molecule has 0 bridgehead atoms. The van der Waals surface area contributed by atoms with Crippen LogP contribution in [0.4, 0.5) is 0 Å². The van der Waals surface area contributed by atoms with Crippen LogP contribution in [0.15, 0.2) is 4.99 Å². The van der Waals surface area contributed by atoms with Crippen LogP contribution in [0.1, 0.15) is 60.3 Å². The molecule has 0 heterocycles. The Morgan fingerprint density at radius 2 is 1.68 bits per heavy atom. The predicted octanol–water partition coefficient (Wildman–Crippen LogP) is 2.55. The van der Waals surface area contributed by atoms with Gasteiger partial charge in [-0.15, -0.1) is 0 Å². The second-order valence-electron chi connectivity index (χ2n) is 5.04. The zero-order valence-corrected chi connectivity index (χ0v) is 13.8. The molecule has 7 heteroatoms. The van der Waals surface area contributed by atoms with E-state index in [1.807, 2.05) is 6.92 Å². The number of ether oxygens (including phenoxy) is 1. The molecule has 0 aromatic heterocycles. The van der Waals surface area contributed by atoms with E-state index in [-0.39, 0.29) is 47.9 Å². The number of carboxylic acid groups (broad SMARTS) is 2. The molecule has 0 aromatic rings. The Bertz CT molecular complexity index is 332. The zero-order chi connectivity index (χ0) is 16.8. The first-order valence-corrected chi connectivity index (χ1v) is 7.35. The van der Waals surface area contributed by atoms with Crippen molar-refractivity contribution in [2.45, 2.75) is 66.5 Å². The van der Waals surface area contributed by atoms with Crippen LogP contribution in [0.25, 0.3) is 0 Å². The van der Waals surface area contributed by atoms with E-state index >= 15 is 0 Å². The van der Waals surface area contributed by atoms with E-state index in [2.05, 4.69) is 18.8 Å². The maximum absolute atomic E-state index is 10.6. The Kier molecular flexibility index (Phi) is 20.4. The van der Waals surface area contributed by atoms with Gasteiger partial charge in [0, 0.05) is 13.0 Å². The number of hydrogen-bond donors (Lipinski definition) is 2. The molecule has 0 aliphatic heterocycles. The van der Waals surface area contributed by atoms with Gasteiger partial charge in [-0.2, -0.15) is 0 Å². The average Bonchev–Trinajstić information content (AvgIpc) is 2.42. The van der Waals surface area contributed by atoms with Gasteiger partial charge in [0.2, 0.25) is 0 Å². The van der Waals surface area contributed by atoms with E-state index in [9.17, 15) is 9.59 Å². The van der Waals surface area contributed by atoms with E-state index in [4.69, 9.17) is 14.9 Å². The summed E-state index contributed by atoms with van der Waals surface area (Å²) < 4.78 is 5.51. The zero-order valence-electron chi connectivity index (χ0n) is 13.8. The first-order chi connectivity index (χ1) is 9.74. The molecule has 0 aliphatic rings. The van der Waals surface area contributed by atoms with Crippen LogP contribution in [0.5, 0.6) is 0 Å². The van der Waals surface area contributed by atoms with Crippen molar-refractivity contribution in [1.29, 1.82) is 0 Å². The third kappa shape index (κ3) is 19.6. The quantitative estimate of drug-likeness (QED) is 0.385. The number of hydrogen-bond acceptors (Lipinski definition) is 4. The van der Waals surface area contributed by atoms with Gasteiger partial charge in [0.15, 0.2) is 0 Å². The van der Waals surface area contributed by atoms with Crippen molar-refractivity contribution in [2.75, 3.05) is 6.61 Å². The first-order valence-electron chi connectivity index (χ1n) is 7.35. The number of aliphatic carboxylic acids is 2. The van der Waals surface area contributed by atoms with Gasteiger partial charge in [-0.1, -0.05) is 27.7 Å². The molecule has 0 radical (unpaired) electrons. The fourth-order valence-electron chi connectivity index (χ4n) is 1.23. The van der Waals surface area contributed by atoms with Gasteiger partial charge in [0.1, 0.15) is 11.9 Å². The van der Waals surface area contributed by atoms with E-state index < -0.39 is 11.9 Å². The van der Waals surface area contributed by atoms with Crippen molar-refractivity contribution < 1.29 is 24.5 Å². The van der Waals surface area contributed by atoms with Crippen LogP contribution in [0.2, 0.25) is 0 Å². The van der Waals surface area contributed by atoms with Crippen LogP contribution in [-0.2, 0) is 14.3 Å². The molecule has 0 aliphatic carbocycles. The Balaban J connectivity index is -0.000000520. The van der Waals surface area contributed by atoms with Gasteiger partial charge < -0.3 is 14.9 Å². The van der Waals surface area contributed by atoms with Crippen LogP contribution >= 0.6 is 0 Å². The van der Waals surface area contributed by atoms with Gasteiger partial charge in [-0.05, 0) is 32.1 Å². The summed E-state index contributed by atoms with van der Waals surface area (Å²) >= 11 is 0. The molecular weight excluding hydrogens is 297 g/mol. The summed E-state index contributed by atoms with van der Waals surface area (Å²) in [7, 11) is 0. The second kappa shape index (κ2) is 16.9. The molecular formula is C15H30NNaO5. The predicted molar refractivity (Wildman–Crippen MR) is 89.9 cm³/mol. The minimum atomic E-state index is -0.982. The van der Waals surface area contributed by atoms with E-state index in [0.29, 0.717) is 18.9 Å². The second-order valence-corrected chi connectivity index (χ2v) is 5.04. The summed E-state index contributed by atoms with van der Waals surface area (Å²) in [6.45, 7) is 10.0. The third-order valence-electron chi connectivity index (χ3n) is 2.53. The summed E-state index contributed by atoms with van der Waals surface area (Å²) in [6.07, 6.45) is 2.73. The van der Waals surface area contributed by atoms with Gasteiger partial charge in [-0.25, -0.2) is 4.79 Å². The Labute approximate surface area is 155 Å². The van der Waals surface area contributed by atoms with Gasteiger partial charge in [-0.3, -0.25) is 9.79 Å². The number of carbonyl (C=O) groups is 2. The molecule has 1 atom stereocenters. The Morgan fingerprint density at radius 1 is 1.18 bits per heavy atom. The topological polar surface area (TPSA) is 96.2 Å². The molecule has 0 amide bonds. The van der Waals surface area contributed by atoms with Crippen molar-refractivity contribution in [3.8, 4) is 0 Å². The van der Waals surface area contributed by atoms with Crippen LogP contribution in [0, 0.1) is 5.92 Å². The summed E-state index contributed by atoms with van der Waals surface area (Å²) in [6, 6.07) is 0. The molecule has 0 spiro atoms. The standard InChI is InChI=1S/C12H23NO3.C3H6O2.Na.H/c1-5-11(13-10(4)12(14)15)16-8-6-7-9(2)3;1-2-3(4)5;;/h9,11H,5-8H2,1-4H3,(H,14,15);2H2,1H3,(H,4,5);;. The van der Waals surface area contributed by atoms with Gasteiger partial charge in [0.05, 0.1) is 0 Å². The molecule has 22 heavy (non-hydrogen) atoms. The van der Waals surface area contributed by atoms with Gasteiger partial charge in [0.25, 0.3) is 0 Å². The van der Waals surface area contributed by atoms with E-state index in [1.54, 1.807) is 6.92 Å². The first kappa shape index (κ1) is 26.5. The van der Waals surface area contributed by atoms with E-state index in [0.717, 1.165) is 12.8 Å². The van der Waals surface area contributed by atoms with Crippen molar-refractivity contribution >= 4 is 47.2 Å². The minimum absolute atomic E-state index is 0. The Morgan fingerprint density at radius 3 is 2.00 bits per heavy atom. The monoisotopic (exact) mass is 327 g/mol. The molecule has 0 aromatic carbocycles. The van der Waals surface area contributed by atoms with Crippen molar-refractivity contribution in [1.82, 2.24) is 0 Å². The van der Waals surface area contributed by atoms with Crippen molar-refractivity contribution in [2.24, 2.45) is 10.9 Å². The molecule has 2 N–H and O–H groups in total. The fraction of sp³-hybridized carbons (Fsp3) is 0.800. The summed E-state index contributed by atoms with van der Waals surface area (Å²) in [5, 5.41) is 16.4. The normalized spacial score (nSPS) is 12.0. The third-order valence-corrected chi connectivity index (χ3v) is 2.53. The van der Waals surface area contributed by atoms with Crippen LogP contribution in [0.3, 0.4) is 0 Å². The Hall–Kier alpha value is -0.430. The number of nitrogens with zero attached hydrogens (tertiary/aromatic N) is 1. The van der Waals surface area contributed by atoms with Crippen molar-refractivity contribution in [3.05, 3.63) is 0 Å². The molecule has 0 rings (SSSR count). The molecule has 0 saturated heterocycles. The molecule has 126 valence electrons. The number of carboxylic acids is 2. The summed E-state index contributed by atoms with van der Waals surface area (Å²) in [5.41, 5.74) is 0.107. The summed E-state index contributed by atoms with van der Waals surface area (Å²) in [5.74, 6) is -1.05. The van der Waals surface area contributed by atoms with Crippen molar-refractivity contribution in [3.63, 3.8) is 0 Å². The van der Waals surface area contributed by atoms with Crippen LogP contribution < -0.4 is 0 Å². The van der Waals surface area contributed by atoms with Crippen LogP contribution in [-0.4, -0.2) is 70.3 Å². The fourth-order valence-corrected chi connectivity index (χ4v) is 1.23. The summed E-state index contributed by atoms with van der Waals surface area (Å²) in [4.78, 5) is 24.0. The van der Waals surface area contributed by atoms with Gasteiger partial charge >= 0.3 is 41.5 Å². The van der Waals surface area contributed by atoms with E-state index in [1.165, 1.54) is 6.92 Å². The maximum atomic E-state index is 10.6. The molecule has 0 saturated carbocycles.